The lowest BCUT2D eigenvalue weighted by Crippen LogP contribution is -2.31. The Morgan fingerprint density at radius 3 is 2.94 bits per heavy atom. The van der Waals surface area contributed by atoms with Gasteiger partial charge in [0.15, 0.2) is 0 Å². The monoisotopic (exact) mass is 240 g/mol. The maximum Gasteiger partial charge on any atom is 0.327 e. The summed E-state index contributed by atoms with van der Waals surface area (Å²) in [5.41, 5.74) is 1.92. The standard InChI is InChI=1S/C11H16N2O2S/c1-2-7(6-14)13-9-5-3-4-8(9)10(16)12-11(13)15/h7,14H,2-6H2,1H3,(H,12,15,16)/t7-/m0/s1. The zero-order valence-corrected chi connectivity index (χ0v) is 10.1. The molecule has 0 saturated carbocycles. The molecule has 4 nitrogen and oxygen atoms in total. The van der Waals surface area contributed by atoms with E-state index in [9.17, 15) is 9.90 Å². The third-order valence-corrected chi connectivity index (χ3v) is 3.59. The Kier molecular flexibility index (Phi) is 3.25. The highest BCUT2D eigenvalue weighted by Gasteiger charge is 2.21. The van der Waals surface area contributed by atoms with Crippen LogP contribution in [0.25, 0.3) is 0 Å². The number of nitrogens with one attached hydrogen (secondary N) is 1. The molecule has 1 aliphatic rings. The largest absolute Gasteiger partial charge is 0.394 e. The quantitative estimate of drug-likeness (QED) is 0.784. The summed E-state index contributed by atoms with van der Waals surface area (Å²) in [7, 11) is 0. The Hall–Kier alpha value is -0.940. The molecule has 0 amide bonds. The minimum Gasteiger partial charge on any atom is -0.394 e. The summed E-state index contributed by atoms with van der Waals surface area (Å²) in [5, 5.41) is 9.30. The minimum atomic E-state index is -0.188. The third-order valence-electron chi connectivity index (χ3n) is 3.24. The van der Waals surface area contributed by atoms with Crippen LogP contribution in [-0.4, -0.2) is 21.3 Å². The van der Waals surface area contributed by atoms with Crippen LogP contribution in [0.3, 0.4) is 0 Å². The van der Waals surface area contributed by atoms with Crippen molar-refractivity contribution in [2.75, 3.05) is 6.61 Å². The van der Waals surface area contributed by atoms with Gasteiger partial charge in [-0.1, -0.05) is 19.1 Å². The molecule has 5 heteroatoms. The van der Waals surface area contributed by atoms with E-state index in [0.717, 1.165) is 36.9 Å². The van der Waals surface area contributed by atoms with E-state index >= 15 is 0 Å². The number of H-pyrrole nitrogens is 1. The highest BCUT2D eigenvalue weighted by atomic mass is 32.1. The van der Waals surface area contributed by atoms with Crippen LogP contribution in [0, 0.1) is 4.64 Å². The van der Waals surface area contributed by atoms with Crippen molar-refractivity contribution >= 4 is 12.2 Å². The molecule has 0 radical (unpaired) electrons. The Morgan fingerprint density at radius 1 is 1.56 bits per heavy atom. The lowest BCUT2D eigenvalue weighted by Gasteiger charge is -2.19. The van der Waals surface area contributed by atoms with E-state index in [1.54, 1.807) is 4.57 Å². The number of hydrogen-bond acceptors (Lipinski definition) is 3. The van der Waals surface area contributed by atoms with E-state index in [4.69, 9.17) is 12.2 Å². The fourth-order valence-corrected chi connectivity index (χ4v) is 2.68. The van der Waals surface area contributed by atoms with E-state index in [0.29, 0.717) is 4.64 Å². The molecule has 0 aliphatic heterocycles. The van der Waals surface area contributed by atoms with Crippen molar-refractivity contribution in [3.05, 3.63) is 26.4 Å². The third kappa shape index (κ3) is 1.74. The van der Waals surface area contributed by atoms with Gasteiger partial charge in [0, 0.05) is 11.3 Å². The van der Waals surface area contributed by atoms with Crippen LogP contribution in [0.15, 0.2) is 4.79 Å². The van der Waals surface area contributed by atoms with Crippen LogP contribution in [-0.2, 0) is 12.8 Å². The van der Waals surface area contributed by atoms with Crippen LogP contribution < -0.4 is 5.69 Å². The van der Waals surface area contributed by atoms with Gasteiger partial charge in [0.2, 0.25) is 0 Å². The number of aliphatic hydroxyl groups is 1. The summed E-state index contributed by atoms with van der Waals surface area (Å²) < 4.78 is 2.26. The molecule has 88 valence electrons. The fourth-order valence-electron chi connectivity index (χ4n) is 2.37. The highest BCUT2D eigenvalue weighted by molar-refractivity contribution is 7.71. The van der Waals surface area contributed by atoms with Gasteiger partial charge in [0.25, 0.3) is 0 Å². The van der Waals surface area contributed by atoms with Gasteiger partial charge in [-0.05, 0) is 25.7 Å². The summed E-state index contributed by atoms with van der Waals surface area (Å²) in [6.45, 7) is 1.96. The van der Waals surface area contributed by atoms with Gasteiger partial charge in [-0.3, -0.25) is 9.55 Å². The number of aliphatic hydroxyl groups excluding tert-OH is 1. The first kappa shape index (κ1) is 11.5. The first-order chi connectivity index (χ1) is 7.69. The predicted octanol–water partition coefficient (Wildman–Crippen LogP) is 1.34. The molecule has 1 aromatic rings. The Morgan fingerprint density at radius 2 is 2.31 bits per heavy atom. The second-order valence-corrected chi connectivity index (χ2v) is 4.56. The molecule has 0 aromatic carbocycles. The van der Waals surface area contributed by atoms with Gasteiger partial charge in [-0.2, -0.15) is 0 Å². The molecule has 0 saturated heterocycles. The molecule has 2 N–H and O–H groups in total. The van der Waals surface area contributed by atoms with Gasteiger partial charge < -0.3 is 5.11 Å². The Balaban J connectivity index is 2.66. The van der Waals surface area contributed by atoms with Crippen molar-refractivity contribution in [1.29, 1.82) is 0 Å². The lowest BCUT2D eigenvalue weighted by molar-refractivity contribution is 0.218. The van der Waals surface area contributed by atoms with E-state index in [-0.39, 0.29) is 18.3 Å². The normalized spacial score (nSPS) is 16.1. The SMILES string of the molecule is CC[C@@H](CO)n1c2c(c(=S)[nH]c1=O)CCC2. The minimum absolute atomic E-state index is 0.00649. The molecule has 16 heavy (non-hydrogen) atoms. The molecular formula is C11H16N2O2S. The maximum absolute atomic E-state index is 11.9. The number of rotatable bonds is 3. The number of aromatic nitrogens is 2. The van der Waals surface area contributed by atoms with Crippen LogP contribution in [0.1, 0.15) is 37.1 Å². The summed E-state index contributed by atoms with van der Waals surface area (Å²) in [6.07, 6.45) is 3.61. The highest BCUT2D eigenvalue weighted by Crippen LogP contribution is 2.23. The number of aromatic amines is 1. The zero-order chi connectivity index (χ0) is 11.7. The molecular weight excluding hydrogens is 224 g/mol. The van der Waals surface area contributed by atoms with Crippen molar-refractivity contribution in [3.63, 3.8) is 0 Å². The first-order valence-electron chi connectivity index (χ1n) is 5.66. The number of hydrogen-bond donors (Lipinski definition) is 2. The molecule has 1 aliphatic carbocycles. The van der Waals surface area contributed by atoms with E-state index in [1.165, 1.54) is 0 Å². The Bertz CT molecular complexity index is 500. The molecule has 1 aromatic heterocycles. The summed E-state index contributed by atoms with van der Waals surface area (Å²) in [5.74, 6) is 0. The molecule has 0 fully saturated rings. The zero-order valence-electron chi connectivity index (χ0n) is 9.32. The van der Waals surface area contributed by atoms with Gasteiger partial charge in [-0.15, -0.1) is 0 Å². The average molecular weight is 240 g/mol. The van der Waals surface area contributed by atoms with Gasteiger partial charge >= 0.3 is 5.69 Å². The maximum atomic E-state index is 11.9. The first-order valence-corrected chi connectivity index (χ1v) is 6.07. The molecule has 1 heterocycles. The summed E-state index contributed by atoms with van der Waals surface area (Å²) in [6, 6.07) is -0.133. The second-order valence-electron chi connectivity index (χ2n) is 4.15. The van der Waals surface area contributed by atoms with Gasteiger partial charge in [0.1, 0.15) is 4.64 Å². The predicted molar refractivity (Wildman–Crippen MR) is 64.3 cm³/mol. The van der Waals surface area contributed by atoms with Crippen molar-refractivity contribution in [3.8, 4) is 0 Å². The van der Waals surface area contributed by atoms with Gasteiger partial charge in [0.05, 0.1) is 12.6 Å². The van der Waals surface area contributed by atoms with E-state index in [2.05, 4.69) is 4.98 Å². The smallest absolute Gasteiger partial charge is 0.327 e. The fraction of sp³-hybridized carbons (Fsp3) is 0.636. The van der Waals surface area contributed by atoms with Crippen LogP contribution in [0.5, 0.6) is 0 Å². The van der Waals surface area contributed by atoms with Crippen LogP contribution in [0.2, 0.25) is 0 Å². The number of fused-ring (bicyclic) bond motifs is 1. The number of nitrogens with zero attached hydrogens (tertiary/aromatic N) is 1. The van der Waals surface area contributed by atoms with Crippen molar-refractivity contribution in [2.24, 2.45) is 0 Å². The topological polar surface area (TPSA) is 58.0 Å². The summed E-state index contributed by atoms with van der Waals surface area (Å²) in [4.78, 5) is 14.6. The lowest BCUT2D eigenvalue weighted by atomic mass is 10.2. The van der Waals surface area contributed by atoms with Crippen molar-refractivity contribution in [2.45, 2.75) is 38.6 Å². The second kappa shape index (κ2) is 4.51. The van der Waals surface area contributed by atoms with E-state index in [1.807, 2.05) is 6.92 Å². The Labute approximate surface area is 98.9 Å². The van der Waals surface area contributed by atoms with Crippen molar-refractivity contribution in [1.82, 2.24) is 9.55 Å². The average Bonchev–Trinajstić information content (AvgIpc) is 2.73. The molecule has 0 bridgehead atoms. The molecule has 0 spiro atoms. The van der Waals surface area contributed by atoms with Crippen LogP contribution >= 0.6 is 12.2 Å². The van der Waals surface area contributed by atoms with E-state index < -0.39 is 0 Å². The molecule has 0 unspecified atom stereocenters. The van der Waals surface area contributed by atoms with Crippen molar-refractivity contribution < 1.29 is 5.11 Å². The summed E-state index contributed by atoms with van der Waals surface area (Å²) >= 11 is 5.15. The van der Waals surface area contributed by atoms with Gasteiger partial charge in [-0.25, -0.2) is 4.79 Å². The molecule has 2 rings (SSSR count). The molecule has 1 atom stereocenters. The van der Waals surface area contributed by atoms with Crippen LogP contribution in [0.4, 0.5) is 0 Å².